The Hall–Kier alpha value is -3.11. The molecule has 0 aliphatic rings. The van der Waals surface area contributed by atoms with Crippen LogP contribution in [-0.4, -0.2) is 5.11 Å². The molecule has 0 fully saturated rings. The second-order valence-corrected chi connectivity index (χ2v) is 5.90. The van der Waals surface area contributed by atoms with Crippen LogP contribution in [0.4, 0.5) is 0 Å². The lowest BCUT2D eigenvalue weighted by atomic mass is 10.1. The monoisotopic (exact) mass is 365 g/mol. The van der Waals surface area contributed by atoms with Crippen molar-refractivity contribution in [3.8, 4) is 17.1 Å². The largest absolute Gasteiger partial charge is 1.00 e. The van der Waals surface area contributed by atoms with E-state index in [1.165, 1.54) is 18.2 Å². The maximum atomic E-state index is 12.3. The molecule has 4 nitrogen and oxygen atoms in total. The molecule has 0 atom stereocenters. The fraction of sp³-hybridized carbons (Fsp3) is 0.0476. The molecule has 4 aromatic rings. The van der Waals surface area contributed by atoms with Crippen LogP contribution in [0.15, 0.2) is 88.3 Å². The van der Waals surface area contributed by atoms with E-state index in [0.717, 1.165) is 17.7 Å². The molecule has 1 N–H and O–H groups in total. The van der Waals surface area contributed by atoms with E-state index in [1.807, 2.05) is 54.9 Å². The molecule has 0 amide bonds. The van der Waals surface area contributed by atoms with Crippen molar-refractivity contribution in [1.82, 2.24) is 0 Å². The number of aromatic nitrogens is 1. The van der Waals surface area contributed by atoms with E-state index in [9.17, 15) is 9.90 Å². The summed E-state index contributed by atoms with van der Waals surface area (Å²) in [5, 5.41) is 9.89. The first-order valence-electron chi connectivity index (χ1n) is 7.99. The number of aromatic hydroxyl groups is 1. The van der Waals surface area contributed by atoms with E-state index in [2.05, 4.69) is 4.57 Å². The molecule has 0 unspecified atom stereocenters. The molecule has 2 aromatic heterocycles. The third-order valence-electron chi connectivity index (χ3n) is 4.09. The Bertz CT molecular complexity index is 1090. The van der Waals surface area contributed by atoms with Crippen molar-refractivity contribution >= 4 is 11.0 Å². The highest BCUT2D eigenvalue weighted by molar-refractivity contribution is 5.80. The van der Waals surface area contributed by atoms with Gasteiger partial charge in [-0.15, -0.1) is 0 Å². The standard InChI is InChI=1S/C21H15NO3.ClH/c23-17-8-9-20-18(12-17)19(24)13-21(25-20)16-6-4-15(5-7-16)14-22-10-2-1-3-11-22;/h1-13H,14H2;1H. The Balaban J connectivity index is 0.00000196. The van der Waals surface area contributed by atoms with Gasteiger partial charge in [0, 0.05) is 29.3 Å². The number of phenols is 1. The Morgan fingerprint density at radius 1 is 0.923 bits per heavy atom. The van der Waals surface area contributed by atoms with Crippen LogP contribution in [0.1, 0.15) is 5.56 Å². The average molecular weight is 366 g/mol. The first-order valence-corrected chi connectivity index (χ1v) is 7.99. The van der Waals surface area contributed by atoms with Gasteiger partial charge in [-0.3, -0.25) is 4.79 Å². The summed E-state index contributed by atoms with van der Waals surface area (Å²) < 4.78 is 7.92. The molecule has 26 heavy (non-hydrogen) atoms. The van der Waals surface area contributed by atoms with Gasteiger partial charge < -0.3 is 21.9 Å². The minimum Gasteiger partial charge on any atom is -1.00 e. The minimum atomic E-state index is -0.170. The molecule has 0 spiro atoms. The van der Waals surface area contributed by atoms with Crippen molar-refractivity contribution in [2.24, 2.45) is 0 Å². The smallest absolute Gasteiger partial charge is 0.193 e. The van der Waals surface area contributed by atoms with E-state index in [-0.39, 0.29) is 23.6 Å². The SMILES string of the molecule is O=c1cc(-c2ccc(C[n+]3ccccc3)cc2)oc2ccc(O)cc12.[Cl-]. The summed E-state index contributed by atoms with van der Waals surface area (Å²) in [6, 6.07) is 19.9. The van der Waals surface area contributed by atoms with Crippen LogP contribution >= 0.6 is 0 Å². The van der Waals surface area contributed by atoms with Gasteiger partial charge in [0.15, 0.2) is 24.4 Å². The van der Waals surface area contributed by atoms with E-state index >= 15 is 0 Å². The van der Waals surface area contributed by atoms with E-state index in [0.29, 0.717) is 16.7 Å². The van der Waals surface area contributed by atoms with Crippen LogP contribution in [0.5, 0.6) is 5.75 Å². The molecule has 2 aromatic carbocycles. The van der Waals surface area contributed by atoms with Crippen LogP contribution in [-0.2, 0) is 6.54 Å². The summed E-state index contributed by atoms with van der Waals surface area (Å²) in [4.78, 5) is 12.3. The molecule has 4 rings (SSSR count). The zero-order chi connectivity index (χ0) is 17.2. The zero-order valence-electron chi connectivity index (χ0n) is 13.8. The zero-order valence-corrected chi connectivity index (χ0v) is 14.6. The molecule has 0 saturated carbocycles. The van der Waals surface area contributed by atoms with Crippen molar-refractivity contribution < 1.29 is 26.5 Å². The second kappa shape index (κ2) is 7.42. The van der Waals surface area contributed by atoms with E-state index in [1.54, 1.807) is 6.07 Å². The summed E-state index contributed by atoms with van der Waals surface area (Å²) >= 11 is 0. The Kier molecular flexibility index (Phi) is 5.05. The molecule has 0 aliphatic heterocycles. The topological polar surface area (TPSA) is 54.3 Å². The molecule has 0 bridgehead atoms. The maximum absolute atomic E-state index is 12.3. The average Bonchev–Trinajstić information content (AvgIpc) is 2.64. The van der Waals surface area contributed by atoms with Crippen molar-refractivity contribution in [2.45, 2.75) is 6.54 Å². The molecule has 0 radical (unpaired) electrons. The molecule has 0 aliphatic carbocycles. The van der Waals surface area contributed by atoms with Crippen molar-refractivity contribution in [3.63, 3.8) is 0 Å². The number of hydrogen-bond acceptors (Lipinski definition) is 3. The lowest BCUT2D eigenvalue weighted by molar-refractivity contribution is -0.688. The highest BCUT2D eigenvalue weighted by atomic mass is 35.5. The van der Waals surface area contributed by atoms with Crippen molar-refractivity contribution in [3.05, 3.63) is 94.9 Å². The Morgan fingerprint density at radius 3 is 2.38 bits per heavy atom. The van der Waals surface area contributed by atoms with Gasteiger partial charge in [0.1, 0.15) is 17.1 Å². The summed E-state index contributed by atoms with van der Waals surface area (Å²) in [6.45, 7) is 0.780. The van der Waals surface area contributed by atoms with Crippen LogP contribution in [0, 0.1) is 0 Å². The minimum absolute atomic E-state index is 0. The lowest BCUT2D eigenvalue weighted by Crippen LogP contribution is -3.00. The fourth-order valence-electron chi connectivity index (χ4n) is 2.81. The van der Waals surface area contributed by atoms with Gasteiger partial charge in [0.25, 0.3) is 0 Å². The van der Waals surface area contributed by atoms with E-state index in [4.69, 9.17) is 4.42 Å². The number of nitrogens with zero attached hydrogens (tertiary/aromatic N) is 1. The van der Waals surface area contributed by atoms with E-state index < -0.39 is 0 Å². The number of rotatable bonds is 3. The van der Waals surface area contributed by atoms with Crippen molar-refractivity contribution in [2.75, 3.05) is 0 Å². The molecule has 5 heteroatoms. The summed E-state index contributed by atoms with van der Waals surface area (Å²) in [5.41, 5.74) is 2.29. The van der Waals surface area contributed by atoms with Crippen molar-refractivity contribution in [1.29, 1.82) is 0 Å². The van der Waals surface area contributed by atoms with Crippen LogP contribution in [0.2, 0.25) is 0 Å². The predicted octanol–water partition coefficient (Wildman–Crippen LogP) is 0.505. The van der Waals surface area contributed by atoms with Crippen LogP contribution in [0.25, 0.3) is 22.3 Å². The number of fused-ring (bicyclic) bond motifs is 1. The quantitative estimate of drug-likeness (QED) is 0.538. The summed E-state index contributed by atoms with van der Waals surface area (Å²) in [6.07, 6.45) is 4.04. The van der Waals surface area contributed by atoms with Gasteiger partial charge in [-0.05, 0) is 18.2 Å². The number of halogens is 1. The molecule has 0 saturated heterocycles. The van der Waals surface area contributed by atoms with Gasteiger partial charge in [-0.1, -0.05) is 30.3 Å². The number of benzene rings is 2. The fourth-order valence-corrected chi connectivity index (χ4v) is 2.81. The normalized spacial score (nSPS) is 10.5. The lowest BCUT2D eigenvalue weighted by Gasteiger charge is -2.04. The third kappa shape index (κ3) is 3.60. The first kappa shape index (κ1) is 17.7. The highest BCUT2D eigenvalue weighted by Gasteiger charge is 2.08. The van der Waals surface area contributed by atoms with Gasteiger partial charge in [-0.2, -0.15) is 0 Å². The number of hydrogen-bond donors (Lipinski definition) is 1. The van der Waals surface area contributed by atoms with Gasteiger partial charge in [-0.25, -0.2) is 4.57 Å². The molecular formula is C21H16ClNO3. The molecular weight excluding hydrogens is 350 g/mol. The highest BCUT2D eigenvalue weighted by Crippen LogP contribution is 2.24. The Labute approximate surface area is 156 Å². The van der Waals surface area contributed by atoms with Crippen LogP contribution in [0.3, 0.4) is 0 Å². The summed E-state index contributed by atoms with van der Waals surface area (Å²) in [5.74, 6) is 0.567. The van der Waals surface area contributed by atoms with Gasteiger partial charge in [0.05, 0.1) is 5.39 Å². The molecule has 130 valence electrons. The molecule has 2 heterocycles. The van der Waals surface area contributed by atoms with Gasteiger partial charge >= 0.3 is 0 Å². The Morgan fingerprint density at radius 2 is 1.65 bits per heavy atom. The number of phenolic OH excluding ortho intramolecular Hbond substituents is 1. The first-order chi connectivity index (χ1) is 12.2. The number of pyridine rings is 1. The second-order valence-electron chi connectivity index (χ2n) is 5.90. The maximum Gasteiger partial charge on any atom is 0.193 e. The third-order valence-corrected chi connectivity index (χ3v) is 4.09. The van der Waals surface area contributed by atoms with Crippen LogP contribution < -0.4 is 22.4 Å². The summed E-state index contributed by atoms with van der Waals surface area (Å²) in [7, 11) is 0. The predicted molar refractivity (Wildman–Crippen MR) is 95.3 cm³/mol. The van der Waals surface area contributed by atoms with Gasteiger partial charge in [0.2, 0.25) is 0 Å².